The number of hydrogen-bond donors (Lipinski definition) is 3. The highest BCUT2D eigenvalue weighted by molar-refractivity contribution is 5.95. The molecule has 122 valence electrons. The Bertz CT molecular complexity index is 497. The van der Waals surface area contributed by atoms with Gasteiger partial charge in [0.15, 0.2) is 0 Å². The molecule has 1 aromatic carbocycles. The fourth-order valence-electron chi connectivity index (χ4n) is 1.71. The number of nitrogens with two attached hydrogens (primary N) is 1. The summed E-state index contributed by atoms with van der Waals surface area (Å²) in [5, 5.41) is 5.58. The molecule has 0 aliphatic rings. The Labute approximate surface area is 132 Å². The van der Waals surface area contributed by atoms with Crippen molar-refractivity contribution in [1.82, 2.24) is 4.90 Å². The molecule has 2 amide bonds. The molecule has 0 heterocycles. The Morgan fingerprint density at radius 1 is 1.09 bits per heavy atom. The van der Waals surface area contributed by atoms with Crippen molar-refractivity contribution in [3.05, 3.63) is 24.3 Å². The van der Waals surface area contributed by atoms with Crippen molar-refractivity contribution < 1.29 is 9.59 Å². The van der Waals surface area contributed by atoms with Crippen molar-refractivity contribution in [3.8, 4) is 0 Å². The predicted molar refractivity (Wildman–Crippen MR) is 89.7 cm³/mol. The molecule has 6 nitrogen and oxygen atoms in total. The van der Waals surface area contributed by atoms with Crippen LogP contribution in [0.15, 0.2) is 24.3 Å². The Morgan fingerprint density at radius 2 is 1.59 bits per heavy atom. The van der Waals surface area contributed by atoms with Crippen LogP contribution < -0.4 is 16.4 Å². The van der Waals surface area contributed by atoms with Crippen LogP contribution in [-0.2, 0) is 9.59 Å². The molecule has 0 bridgehead atoms. The summed E-state index contributed by atoms with van der Waals surface area (Å²) >= 11 is 0. The summed E-state index contributed by atoms with van der Waals surface area (Å²) in [5.74, 6) is -0.166. The molecule has 0 saturated carbocycles. The fraction of sp³-hybridized carbons (Fsp3) is 0.500. The van der Waals surface area contributed by atoms with E-state index in [1.807, 2.05) is 32.8 Å². The number of carbonyl (C=O) groups is 2. The zero-order valence-corrected chi connectivity index (χ0v) is 13.7. The second-order valence-corrected chi connectivity index (χ2v) is 5.94. The predicted octanol–water partition coefficient (Wildman–Crippen LogP) is 1.50. The second kappa shape index (κ2) is 8.51. The van der Waals surface area contributed by atoms with Crippen LogP contribution in [0, 0.1) is 5.92 Å². The average Bonchev–Trinajstić information content (AvgIpc) is 2.46. The van der Waals surface area contributed by atoms with Gasteiger partial charge in [0.05, 0.1) is 6.04 Å². The Kier molecular flexibility index (Phi) is 7.01. The number of rotatable bonds is 7. The van der Waals surface area contributed by atoms with E-state index in [0.29, 0.717) is 24.3 Å². The van der Waals surface area contributed by atoms with E-state index in [9.17, 15) is 9.59 Å². The van der Waals surface area contributed by atoms with Gasteiger partial charge in [-0.3, -0.25) is 9.59 Å². The van der Waals surface area contributed by atoms with Gasteiger partial charge in [0.2, 0.25) is 11.8 Å². The van der Waals surface area contributed by atoms with Crippen molar-refractivity contribution in [2.75, 3.05) is 31.3 Å². The van der Waals surface area contributed by atoms with Gasteiger partial charge in [0, 0.05) is 24.3 Å². The maximum atomic E-state index is 11.9. The van der Waals surface area contributed by atoms with Crippen molar-refractivity contribution >= 4 is 23.2 Å². The van der Waals surface area contributed by atoms with Crippen LogP contribution in [0.2, 0.25) is 0 Å². The lowest BCUT2D eigenvalue weighted by Gasteiger charge is -2.15. The van der Waals surface area contributed by atoms with Crippen LogP contribution in [0.3, 0.4) is 0 Å². The zero-order chi connectivity index (χ0) is 16.7. The standard InChI is InChI=1S/C16H26N4O2/c1-11(2)15(17)16(22)19-13-7-5-12(6-8-13)18-14(21)9-10-20(3)4/h5-8,11,15H,9-10,17H2,1-4H3,(H,18,21)(H,19,22)/t15-/m0/s1. The summed E-state index contributed by atoms with van der Waals surface area (Å²) in [4.78, 5) is 25.5. The zero-order valence-electron chi connectivity index (χ0n) is 13.7. The second-order valence-electron chi connectivity index (χ2n) is 5.94. The molecule has 0 aliphatic heterocycles. The normalized spacial score (nSPS) is 12.3. The van der Waals surface area contributed by atoms with E-state index in [-0.39, 0.29) is 17.7 Å². The lowest BCUT2D eigenvalue weighted by atomic mass is 10.0. The van der Waals surface area contributed by atoms with E-state index < -0.39 is 6.04 Å². The summed E-state index contributed by atoms with van der Waals surface area (Å²) in [6.07, 6.45) is 0.439. The third-order valence-electron chi connectivity index (χ3n) is 3.24. The van der Waals surface area contributed by atoms with Gasteiger partial charge in [0.1, 0.15) is 0 Å². The molecule has 0 saturated heterocycles. The third kappa shape index (κ3) is 6.24. The van der Waals surface area contributed by atoms with E-state index in [1.54, 1.807) is 24.3 Å². The van der Waals surface area contributed by atoms with Crippen LogP contribution in [0.25, 0.3) is 0 Å². The molecule has 4 N–H and O–H groups in total. The summed E-state index contributed by atoms with van der Waals surface area (Å²) in [6, 6.07) is 6.46. The SMILES string of the molecule is CC(C)[C@H](N)C(=O)Nc1ccc(NC(=O)CCN(C)C)cc1. The number of carbonyl (C=O) groups excluding carboxylic acids is 2. The highest BCUT2D eigenvalue weighted by Crippen LogP contribution is 2.14. The smallest absolute Gasteiger partial charge is 0.241 e. The van der Waals surface area contributed by atoms with Crippen LogP contribution >= 0.6 is 0 Å². The highest BCUT2D eigenvalue weighted by Gasteiger charge is 2.17. The number of nitrogens with zero attached hydrogens (tertiary/aromatic N) is 1. The maximum Gasteiger partial charge on any atom is 0.241 e. The molecular formula is C16H26N4O2. The van der Waals surface area contributed by atoms with Gasteiger partial charge in [-0.2, -0.15) is 0 Å². The van der Waals surface area contributed by atoms with Crippen molar-refractivity contribution in [2.24, 2.45) is 11.7 Å². The molecule has 0 radical (unpaired) electrons. The molecule has 1 rings (SSSR count). The van der Waals surface area contributed by atoms with Gasteiger partial charge in [0.25, 0.3) is 0 Å². The molecule has 0 unspecified atom stereocenters. The van der Waals surface area contributed by atoms with Gasteiger partial charge in [-0.15, -0.1) is 0 Å². The third-order valence-corrected chi connectivity index (χ3v) is 3.24. The van der Waals surface area contributed by atoms with Crippen LogP contribution in [0.4, 0.5) is 11.4 Å². The van der Waals surface area contributed by atoms with E-state index >= 15 is 0 Å². The van der Waals surface area contributed by atoms with Crippen LogP contribution in [0.5, 0.6) is 0 Å². The molecule has 1 aromatic rings. The van der Waals surface area contributed by atoms with Gasteiger partial charge >= 0.3 is 0 Å². The molecular weight excluding hydrogens is 280 g/mol. The number of nitrogens with one attached hydrogen (secondary N) is 2. The first-order valence-electron chi connectivity index (χ1n) is 7.40. The Morgan fingerprint density at radius 3 is 2.05 bits per heavy atom. The summed E-state index contributed by atoms with van der Waals surface area (Å²) < 4.78 is 0. The highest BCUT2D eigenvalue weighted by atomic mass is 16.2. The minimum Gasteiger partial charge on any atom is -0.326 e. The van der Waals surface area contributed by atoms with Crippen molar-refractivity contribution in [3.63, 3.8) is 0 Å². The first-order valence-corrected chi connectivity index (χ1v) is 7.40. The summed E-state index contributed by atoms with van der Waals surface area (Å²) in [5.41, 5.74) is 7.15. The van der Waals surface area contributed by atoms with E-state index in [0.717, 1.165) is 0 Å². The van der Waals surface area contributed by atoms with Crippen molar-refractivity contribution in [1.29, 1.82) is 0 Å². The molecule has 0 aliphatic carbocycles. The van der Waals surface area contributed by atoms with Crippen molar-refractivity contribution in [2.45, 2.75) is 26.3 Å². The lowest BCUT2D eigenvalue weighted by Crippen LogP contribution is -2.39. The average molecular weight is 306 g/mol. The number of hydrogen-bond acceptors (Lipinski definition) is 4. The monoisotopic (exact) mass is 306 g/mol. The van der Waals surface area contributed by atoms with Gasteiger partial charge in [-0.1, -0.05) is 13.8 Å². The fourth-order valence-corrected chi connectivity index (χ4v) is 1.71. The minimum atomic E-state index is -0.537. The van der Waals surface area contributed by atoms with E-state index in [2.05, 4.69) is 10.6 Å². The minimum absolute atomic E-state index is 0.0349. The molecule has 0 fully saturated rings. The van der Waals surface area contributed by atoms with Crippen LogP contribution in [-0.4, -0.2) is 43.4 Å². The molecule has 0 spiro atoms. The Hall–Kier alpha value is -1.92. The number of benzene rings is 1. The molecule has 22 heavy (non-hydrogen) atoms. The van der Waals surface area contributed by atoms with Crippen LogP contribution in [0.1, 0.15) is 20.3 Å². The summed E-state index contributed by atoms with van der Waals surface area (Å²) in [6.45, 7) is 4.50. The first-order chi connectivity index (χ1) is 10.3. The molecule has 0 aromatic heterocycles. The first kappa shape index (κ1) is 18.1. The number of anilines is 2. The van der Waals surface area contributed by atoms with Gasteiger partial charge in [-0.25, -0.2) is 0 Å². The Balaban J connectivity index is 2.53. The lowest BCUT2D eigenvalue weighted by molar-refractivity contribution is -0.118. The maximum absolute atomic E-state index is 11.9. The van der Waals surface area contributed by atoms with E-state index in [1.165, 1.54) is 0 Å². The van der Waals surface area contributed by atoms with E-state index in [4.69, 9.17) is 5.73 Å². The largest absolute Gasteiger partial charge is 0.326 e. The topological polar surface area (TPSA) is 87.5 Å². The summed E-state index contributed by atoms with van der Waals surface area (Å²) in [7, 11) is 3.85. The van der Waals surface area contributed by atoms with Gasteiger partial charge < -0.3 is 21.3 Å². The molecule has 6 heteroatoms. The van der Waals surface area contributed by atoms with Gasteiger partial charge in [-0.05, 0) is 44.3 Å². The number of amides is 2. The quantitative estimate of drug-likeness (QED) is 0.712. The molecule has 1 atom stereocenters.